The van der Waals surface area contributed by atoms with Gasteiger partial charge in [0, 0.05) is 22.4 Å². The summed E-state index contributed by atoms with van der Waals surface area (Å²) in [6, 6.07) is 23.9. The van der Waals surface area contributed by atoms with Crippen LogP contribution in [0, 0.1) is 0 Å². The van der Waals surface area contributed by atoms with Gasteiger partial charge in [0.2, 0.25) is 0 Å². The van der Waals surface area contributed by atoms with Crippen molar-refractivity contribution in [2.24, 2.45) is 0 Å². The van der Waals surface area contributed by atoms with Crippen LogP contribution in [0.3, 0.4) is 0 Å². The first-order valence-electron chi connectivity index (χ1n) is 17.4. The van der Waals surface area contributed by atoms with Crippen LogP contribution < -0.4 is 0 Å². The molecule has 1 unspecified atom stereocenters. The number of nitrogens with zero attached hydrogens (tertiary/aromatic N) is 1. The number of para-hydroxylation sites is 2. The fourth-order valence-corrected chi connectivity index (χ4v) is 5.85. The van der Waals surface area contributed by atoms with Crippen molar-refractivity contribution in [1.82, 2.24) is 4.57 Å². The Morgan fingerprint density at radius 3 is 2.05 bits per heavy atom. The Balaban J connectivity index is 1.33. The fraction of sp³-hybridized carbons (Fsp3) is 0.0270. The van der Waals surface area contributed by atoms with E-state index in [0.29, 0.717) is 11.0 Å². The molecule has 1 heterocycles. The van der Waals surface area contributed by atoms with E-state index in [4.69, 9.17) is 13.7 Å². The number of hydrogen-bond acceptors (Lipinski definition) is 0. The van der Waals surface area contributed by atoms with Gasteiger partial charge in [0.25, 0.3) is 0 Å². The molecule has 38 heavy (non-hydrogen) atoms. The van der Waals surface area contributed by atoms with Crippen LogP contribution in [0.2, 0.25) is 0 Å². The molecular weight excluding hydrogens is 458 g/mol. The van der Waals surface area contributed by atoms with Gasteiger partial charge in [-0.05, 0) is 75.3 Å². The maximum absolute atomic E-state index is 8.70. The highest BCUT2D eigenvalue weighted by Crippen LogP contribution is 2.49. The molecule has 7 aromatic rings. The molecule has 0 spiro atoms. The molecule has 8 rings (SSSR count). The first-order chi connectivity index (χ1) is 23.0. The standard InChI is InChI=1S/C37H25N/c1-3-11-25(12-4-1)37-31-17-8-7-15-29(31)33-23-26(19-21-32(33)37)27-20-22-36-34(24-27)30-16-9-10-18-35(30)38(36)28-13-5-2-6-14-28/h1-24,37H/i1D,2D,3D,4D,5D,6D,11D,12D,13D,14D. The summed E-state index contributed by atoms with van der Waals surface area (Å²) in [6.07, 6.45) is 0. The van der Waals surface area contributed by atoms with Crippen molar-refractivity contribution in [2.75, 3.05) is 0 Å². The summed E-state index contributed by atoms with van der Waals surface area (Å²) in [5, 5.41) is 1.72. The Bertz CT molecular complexity index is 2480. The van der Waals surface area contributed by atoms with E-state index in [-0.39, 0.29) is 47.5 Å². The van der Waals surface area contributed by atoms with E-state index < -0.39 is 30.1 Å². The molecular formula is C37H25N. The third kappa shape index (κ3) is 3.12. The second-order valence-electron chi connectivity index (χ2n) is 9.42. The fourth-order valence-electron chi connectivity index (χ4n) is 5.85. The maximum Gasteiger partial charge on any atom is 0.0645 e. The van der Waals surface area contributed by atoms with E-state index in [1.165, 1.54) is 0 Å². The van der Waals surface area contributed by atoms with Gasteiger partial charge >= 0.3 is 0 Å². The Morgan fingerprint density at radius 2 is 1.18 bits per heavy atom. The topological polar surface area (TPSA) is 4.93 Å². The van der Waals surface area contributed by atoms with E-state index in [2.05, 4.69) is 6.07 Å². The number of benzene rings is 6. The normalized spacial score (nSPS) is 17.7. The molecule has 178 valence electrons. The highest BCUT2D eigenvalue weighted by atomic mass is 15.0. The summed E-state index contributed by atoms with van der Waals surface area (Å²) in [4.78, 5) is 0. The predicted molar refractivity (Wildman–Crippen MR) is 159 cm³/mol. The summed E-state index contributed by atoms with van der Waals surface area (Å²) in [5.41, 5.74) is 7.16. The van der Waals surface area contributed by atoms with Gasteiger partial charge in [0.1, 0.15) is 0 Å². The van der Waals surface area contributed by atoms with Crippen molar-refractivity contribution in [3.8, 4) is 27.9 Å². The van der Waals surface area contributed by atoms with Gasteiger partial charge in [-0.3, -0.25) is 0 Å². The van der Waals surface area contributed by atoms with Crippen molar-refractivity contribution in [3.63, 3.8) is 0 Å². The summed E-state index contributed by atoms with van der Waals surface area (Å²) in [7, 11) is 0. The number of hydrogen-bond donors (Lipinski definition) is 0. The molecule has 1 nitrogen and oxygen atoms in total. The summed E-state index contributed by atoms with van der Waals surface area (Å²) < 4.78 is 85.7. The second-order valence-corrected chi connectivity index (χ2v) is 9.42. The number of fused-ring (bicyclic) bond motifs is 6. The minimum Gasteiger partial charge on any atom is -0.309 e. The van der Waals surface area contributed by atoms with Crippen LogP contribution in [0.5, 0.6) is 0 Å². The molecule has 0 saturated carbocycles. The first-order valence-corrected chi connectivity index (χ1v) is 12.4. The molecule has 1 aromatic heterocycles. The van der Waals surface area contributed by atoms with Gasteiger partial charge in [-0.2, -0.15) is 0 Å². The summed E-state index contributed by atoms with van der Waals surface area (Å²) >= 11 is 0. The van der Waals surface area contributed by atoms with Gasteiger partial charge in [-0.1, -0.05) is 109 Å². The van der Waals surface area contributed by atoms with E-state index in [1.807, 2.05) is 78.9 Å². The Labute approximate surface area is 236 Å². The van der Waals surface area contributed by atoms with Gasteiger partial charge in [-0.15, -0.1) is 0 Å². The van der Waals surface area contributed by atoms with E-state index in [9.17, 15) is 0 Å². The van der Waals surface area contributed by atoms with Crippen molar-refractivity contribution in [1.29, 1.82) is 0 Å². The zero-order valence-electron chi connectivity index (χ0n) is 30.1. The minimum absolute atomic E-state index is 0.0905. The monoisotopic (exact) mass is 493 g/mol. The quantitative estimate of drug-likeness (QED) is 0.231. The molecule has 0 bridgehead atoms. The second kappa shape index (κ2) is 8.33. The Hall–Kier alpha value is -4.88. The summed E-state index contributed by atoms with van der Waals surface area (Å²) in [6.45, 7) is 0. The molecule has 0 aliphatic heterocycles. The highest BCUT2D eigenvalue weighted by molar-refractivity contribution is 6.10. The third-order valence-corrected chi connectivity index (χ3v) is 7.45. The zero-order valence-corrected chi connectivity index (χ0v) is 20.1. The van der Waals surface area contributed by atoms with Crippen LogP contribution in [0.1, 0.15) is 36.3 Å². The molecule has 0 fully saturated rings. The van der Waals surface area contributed by atoms with Crippen LogP contribution in [0.4, 0.5) is 0 Å². The van der Waals surface area contributed by atoms with Crippen LogP contribution in [0.15, 0.2) is 145 Å². The van der Waals surface area contributed by atoms with Crippen molar-refractivity contribution in [2.45, 2.75) is 5.92 Å². The predicted octanol–water partition coefficient (Wildman–Crippen LogP) is 9.61. The van der Waals surface area contributed by atoms with E-state index in [1.54, 1.807) is 4.57 Å². The molecule has 1 heteroatoms. The van der Waals surface area contributed by atoms with Crippen molar-refractivity contribution >= 4 is 21.8 Å². The first kappa shape index (κ1) is 13.6. The number of aromatic nitrogens is 1. The minimum atomic E-state index is -0.531. The molecule has 0 saturated heterocycles. The van der Waals surface area contributed by atoms with Crippen LogP contribution >= 0.6 is 0 Å². The van der Waals surface area contributed by atoms with Crippen LogP contribution in [-0.2, 0) is 0 Å². The molecule has 1 atom stereocenters. The zero-order chi connectivity index (χ0) is 33.8. The van der Waals surface area contributed by atoms with Gasteiger partial charge in [0.15, 0.2) is 0 Å². The average Bonchev–Trinajstić information content (AvgIpc) is 3.60. The lowest BCUT2D eigenvalue weighted by molar-refractivity contribution is 1.02. The lowest BCUT2D eigenvalue weighted by Crippen LogP contribution is -1.98. The maximum atomic E-state index is 8.70. The average molecular weight is 494 g/mol. The molecule has 1 aliphatic carbocycles. The molecule has 0 amide bonds. The lowest BCUT2D eigenvalue weighted by Gasteiger charge is -2.14. The van der Waals surface area contributed by atoms with Gasteiger partial charge < -0.3 is 4.57 Å². The number of rotatable bonds is 3. The Kier molecular flexibility index (Phi) is 2.98. The van der Waals surface area contributed by atoms with Crippen molar-refractivity contribution < 1.29 is 13.7 Å². The third-order valence-electron chi connectivity index (χ3n) is 7.45. The molecule has 0 radical (unpaired) electrons. The van der Waals surface area contributed by atoms with Crippen LogP contribution in [-0.4, -0.2) is 4.57 Å². The van der Waals surface area contributed by atoms with Gasteiger partial charge in [0.05, 0.1) is 24.7 Å². The van der Waals surface area contributed by atoms with E-state index in [0.717, 1.165) is 44.2 Å². The van der Waals surface area contributed by atoms with E-state index >= 15 is 0 Å². The smallest absolute Gasteiger partial charge is 0.0645 e. The largest absolute Gasteiger partial charge is 0.309 e. The van der Waals surface area contributed by atoms with Crippen molar-refractivity contribution in [3.05, 3.63) is 162 Å². The van der Waals surface area contributed by atoms with Crippen LogP contribution in [0.25, 0.3) is 49.7 Å². The highest BCUT2D eigenvalue weighted by Gasteiger charge is 2.29. The lowest BCUT2D eigenvalue weighted by atomic mass is 9.89. The Morgan fingerprint density at radius 1 is 0.526 bits per heavy atom. The molecule has 1 aliphatic rings. The molecule has 0 N–H and O–H groups in total. The molecule has 6 aromatic carbocycles. The van der Waals surface area contributed by atoms with Gasteiger partial charge in [-0.25, -0.2) is 0 Å². The SMILES string of the molecule is [2H]c1c([2H])c([2H])c(C2c3ccccc3-c3cc(-c4ccc5c(c4)c4ccccc4n5-c4c([2H])c([2H])c([2H])c([2H])c4[2H])ccc32)c([2H])c1[2H]. The summed E-state index contributed by atoms with van der Waals surface area (Å²) in [5.74, 6) is -0.531.